The van der Waals surface area contributed by atoms with Gasteiger partial charge in [-0.05, 0) is 12.2 Å². The fraction of sp³-hybridized carbons (Fsp3) is 0.857. The highest BCUT2D eigenvalue weighted by Crippen LogP contribution is 1.83. The van der Waals surface area contributed by atoms with E-state index in [-0.39, 0.29) is 31.5 Å². The highest BCUT2D eigenvalue weighted by Gasteiger charge is 2.10. The molecule has 6 nitrogen and oxygen atoms in total. The Bertz CT molecular complexity index is 146. The summed E-state index contributed by atoms with van der Waals surface area (Å²) in [5.41, 5.74) is 0. The molecule has 0 unspecified atom stereocenters. The summed E-state index contributed by atoms with van der Waals surface area (Å²) >= 11 is 4.80. The highest BCUT2D eigenvalue weighted by atomic mass is 32.1. The zero-order valence-corrected chi connectivity index (χ0v) is 8.50. The molecule has 0 aromatic carbocycles. The third-order valence-corrected chi connectivity index (χ3v) is 1.79. The van der Waals surface area contributed by atoms with Crippen LogP contribution < -0.4 is 10.6 Å². The summed E-state index contributed by atoms with van der Waals surface area (Å²) in [5, 5.41) is 40.3. The predicted molar refractivity (Wildman–Crippen MR) is 54.8 cm³/mol. The first kappa shape index (κ1) is 13.5. The van der Waals surface area contributed by atoms with Gasteiger partial charge in [0.25, 0.3) is 0 Å². The van der Waals surface area contributed by atoms with Crippen LogP contribution in [0.15, 0.2) is 0 Å². The van der Waals surface area contributed by atoms with Crippen molar-refractivity contribution < 1.29 is 20.4 Å². The van der Waals surface area contributed by atoms with E-state index in [0.29, 0.717) is 0 Å². The van der Waals surface area contributed by atoms with Gasteiger partial charge in [-0.3, -0.25) is 0 Å². The SMILES string of the molecule is OCC(CO)NC(=S)NC(CO)CO. The Morgan fingerprint density at radius 1 is 0.857 bits per heavy atom. The molecular formula is C7H16N2O4S. The summed E-state index contributed by atoms with van der Waals surface area (Å²) in [6.45, 7) is -0.995. The minimum Gasteiger partial charge on any atom is -0.394 e. The quantitative estimate of drug-likeness (QED) is 0.270. The van der Waals surface area contributed by atoms with Gasteiger partial charge in [0, 0.05) is 0 Å². The lowest BCUT2D eigenvalue weighted by atomic mass is 10.3. The van der Waals surface area contributed by atoms with Gasteiger partial charge in [0.1, 0.15) is 0 Å². The number of aliphatic hydroxyl groups is 4. The average molecular weight is 224 g/mol. The zero-order chi connectivity index (χ0) is 11.0. The molecule has 84 valence electrons. The number of nitrogens with one attached hydrogen (secondary N) is 2. The molecule has 0 spiro atoms. The minimum absolute atomic E-state index is 0.172. The van der Waals surface area contributed by atoms with Gasteiger partial charge in [-0.2, -0.15) is 0 Å². The van der Waals surface area contributed by atoms with E-state index in [9.17, 15) is 0 Å². The van der Waals surface area contributed by atoms with Crippen LogP contribution >= 0.6 is 12.2 Å². The highest BCUT2D eigenvalue weighted by molar-refractivity contribution is 7.80. The van der Waals surface area contributed by atoms with Crippen LogP contribution in [0.1, 0.15) is 0 Å². The summed E-state index contributed by atoms with van der Waals surface area (Å²) in [4.78, 5) is 0. The van der Waals surface area contributed by atoms with Crippen molar-refractivity contribution in [3.63, 3.8) is 0 Å². The van der Waals surface area contributed by atoms with Gasteiger partial charge in [0.05, 0.1) is 38.5 Å². The molecule has 0 atom stereocenters. The molecular weight excluding hydrogens is 208 g/mol. The largest absolute Gasteiger partial charge is 0.394 e. The van der Waals surface area contributed by atoms with Gasteiger partial charge >= 0.3 is 0 Å². The van der Waals surface area contributed by atoms with Crippen molar-refractivity contribution in [1.82, 2.24) is 10.6 Å². The molecule has 0 radical (unpaired) electrons. The maximum Gasteiger partial charge on any atom is 0.167 e. The van der Waals surface area contributed by atoms with Crippen LogP contribution in [0.3, 0.4) is 0 Å². The third-order valence-electron chi connectivity index (χ3n) is 1.55. The topological polar surface area (TPSA) is 105 Å². The molecule has 0 heterocycles. The summed E-state index contributed by atoms with van der Waals surface area (Å²) in [6, 6.07) is -1.07. The van der Waals surface area contributed by atoms with E-state index in [4.69, 9.17) is 32.6 Å². The summed E-state index contributed by atoms with van der Waals surface area (Å²) in [6.07, 6.45) is 0. The average Bonchev–Trinajstić information content (AvgIpc) is 2.22. The van der Waals surface area contributed by atoms with Crippen LogP contribution in [0, 0.1) is 0 Å². The van der Waals surface area contributed by atoms with Gasteiger partial charge in [-0.25, -0.2) is 0 Å². The monoisotopic (exact) mass is 224 g/mol. The lowest BCUT2D eigenvalue weighted by molar-refractivity contribution is 0.175. The van der Waals surface area contributed by atoms with Crippen LogP contribution in [0.4, 0.5) is 0 Å². The van der Waals surface area contributed by atoms with Crippen molar-refractivity contribution in [1.29, 1.82) is 0 Å². The third kappa shape index (κ3) is 5.30. The van der Waals surface area contributed by atoms with Crippen LogP contribution in [0.5, 0.6) is 0 Å². The van der Waals surface area contributed by atoms with E-state index in [1.165, 1.54) is 0 Å². The van der Waals surface area contributed by atoms with Crippen LogP contribution in [0.2, 0.25) is 0 Å². The lowest BCUT2D eigenvalue weighted by Crippen LogP contribution is -2.50. The molecule has 0 aliphatic heterocycles. The number of thiocarbonyl (C=S) groups is 1. The Hall–Kier alpha value is -0.470. The van der Waals surface area contributed by atoms with Crippen molar-refractivity contribution in [2.75, 3.05) is 26.4 Å². The number of rotatable bonds is 6. The Morgan fingerprint density at radius 3 is 1.36 bits per heavy atom. The normalized spacial score (nSPS) is 10.7. The standard InChI is InChI=1S/C7H16N2O4S/c10-1-5(2-11)8-7(14)9-6(3-12)4-13/h5-6,10-13H,1-4H2,(H2,8,9,14). The van der Waals surface area contributed by atoms with Crippen LogP contribution in [-0.2, 0) is 0 Å². The first-order valence-corrected chi connectivity index (χ1v) is 4.59. The fourth-order valence-electron chi connectivity index (χ4n) is 0.711. The fourth-order valence-corrected chi connectivity index (χ4v) is 1.04. The molecule has 6 N–H and O–H groups in total. The Balaban J connectivity index is 3.83. The Kier molecular flexibility index (Phi) is 7.63. The summed E-state index contributed by atoms with van der Waals surface area (Å²) < 4.78 is 0. The Morgan fingerprint density at radius 2 is 1.14 bits per heavy atom. The summed E-state index contributed by atoms with van der Waals surface area (Å²) in [5.74, 6) is 0. The zero-order valence-electron chi connectivity index (χ0n) is 7.68. The van der Waals surface area contributed by atoms with Crippen molar-refractivity contribution >= 4 is 17.3 Å². The number of hydrogen-bond acceptors (Lipinski definition) is 5. The molecule has 0 rings (SSSR count). The van der Waals surface area contributed by atoms with Gasteiger partial charge < -0.3 is 31.1 Å². The number of hydrogen-bond donors (Lipinski definition) is 6. The molecule has 0 aliphatic carbocycles. The maximum atomic E-state index is 8.71. The Labute approximate surface area is 87.6 Å². The van der Waals surface area contributed by atoms with Crippen molar-refractivity contribution in [3.05, 3.63) is 0 Å². The summed E-state index contributed by atoms with van der Waals surface area (Å²) in [7, 11) is 0. The van der Waals surface area contributed by atoms with Crippen LogP contribution in [0.25, 0.3) is 0 Å². The van der Waals surface area contributed by atoms with E-state index < -0.39 is 12.1 Å². The molecule has 14 heavy (non-hydrogen) atoms. The first-order valence-electron chi connectivity index (χ1n) is 4.18. The van der Waals surface area contributed by atoms with Gasteiger partial charge in [-0.1, -0.05) is 0 Å². The molecule has 7 heteroatoms. The molecule has 0 bridgehead atoms. The molecule has 0 fully saturated rings. The van der Waals surface area contributed by atoms with Crippen molar-refractivity contribution in [2.24, 2.45) is 0 Å². The minimum atomic E-state index is -0.534. The van der Waals surface area contributed by atoms with Gasteiger partial charge in [-0.15, -0.1) is 0 Å². The first-order chi connectivity index (χ1) is 6.67. The van der Waals surface area contributed by atoms with E-state index in [0.717, 1.165) is 0 Å². The number of aliphatic hydroxyl groups excluding tert-OH is 4. The van der Waals surface area contributed by atoms with Gasteiger partial charge in [0.15, 0.2) is 5.11 Å². The molecule has 0 aromatic rings. The molecule has 0 aromatic heterocycles. The van der Waals surface area contributed by atoms with E-state index in [1.54, 1.807) is 0 Å². The second kappa shape index (κ2) is 7.89. The van der Waals surface area contributed by atoms with E-state index >= 15 is 0 Å². The second-order valence-electron chi connectivity index (χ2n) is 2.74. The molecule has 0 saturated heterocycles. The van der Waals surface area contributed by atoms with Crippen LogP contribution in [-0.4, -0.2) is 64.0 Å². The van der Waals surface area contributed by atoms with Crippen molar-refractivity contribution in [3.8, 4) is 0 Å². The second-order valence-corrected chi connectivity index (χ2v) is 3.15. The molecule has 0 amide bonds. The molecule has 0 aliphatic rings. The predicted octanol–water partition coefficient (Wildman–Crippen LogP) is -2.84. The maximum absolute atomic E-state index is 8.71. The van der Waals surface area contributed by atoms with E-state index in [2.05, 4.69) is 10.6 Å². The molecule has 0 saturated carbocycles. The lowest BCUT2D eigenvalue weighted by Gasteiger charge is -2.20. The van der Waals surface area contributed by atoms with E-state index in [1.807, 2.05) is 0 Å². The van der Waals surface area contributed by atoms with Gasteiger partial charge in [0.2, 0.25) is 0 Å². The van der Waals surface area contributed by atoms with Crippen molar-refractivity contribution in [2.45, 2.75) is 12.1 Å². The smallest absolute Gasteiger partial charge is 0.167 e.